The van der Waals surface area contributed by atoms with Crippen LogP contribution >= 0.6 is 0 Å². The third kappa shape index (κ3) is 1.13. The summed E-state index contributed by atoms with van der Waals surface area (Å²) in [5.41, 5.74) is 2.27. The lowest BCUT2D eigenvalue weighted by Gasteiger charge is -2.05. The first-order valence-corrected chi connectivity index (χ1v) is 3.24. The van der Waals surface area contributed by atoms with Crippen molar-refractivity contribution in [1.29, 1.82) is 0 Å². The maximum Gasteiger partial charge on any atom is 0.125 e. The molecule has 10 heavy (non-hydrogen) atoms. The number of hydrogen-bond donors (Lipinski definition) is 0. The van der Waals surface area contributed by atoms with Crippen LogP contribution in [0.1, 0.15) is 11.1 Å². The monoisotopic (exact) mass is 135 g/mol. The first-order chi connectivity index (χ1) is 4.75. The number of aryl methyl sites for hydroxylation is 2. The van der Waals surface area contributed by atoms with Crippen molar-refractivity contribution < 1.29 is 4.74 Å². The van der Waals surface area contributed by atoms with Gasteiger partial charge in [0, 0.05) is 0 Å². The first kappa shape index (κ1) is 7.13. The molecule has 0 aliphatic rings. The highest BCUT2D eigenvalue weighted by Gasteiger charge is 1.98. The van der Waals surface area contributed by atoms with Gasteiger partial charge in [-0.15, -0.1) is 0 Å². The highest BCUT2D eigenvalue weighted by atomic mass is 16.5. The van der Waals surface area contributed by atoms with Gasteiger partial charge in [0.25, 0.3) is 0 Å². The molecule has 0 unspecified atom stereocenters. The molecule has 0 saturated heterocycles. The molecule has 1 radical (unpaired) electrons. The Morgan fingerprint density at radius 2 is 1.70 bits per heavy atom. The first-order valence-electron chi connectivity index (χ1n) is 3.24. The van der Waals surface area contributed by atoms with Crippen molar-refractivity contribution in [2.75, 3.05) is 0 Å². The van der Waals surface area contributed by atoms with Gasteiger partial charge < -0.3 is 4.74 Å². The molecule has 0 aliphatic heterocycles. The molecule has 1 nitrogen and oxygen atoms in total. The van der Waals surface area contributed by atoms with E-state index in [2.05, 4.69) is 7.11 Å². The minimum Gasteiger partial charge on any atom is -0.489 e. The third-order valence-electron chi connectivity index (χ3n) is 1.55. The molecule has 0 saturated carbocycles. The average molecular weight is 135 g/mol. The zero-order valence-electron chi connectivity index (χ0n) is 6.35. The molecule has 0 aromatic heterocycles. The number of rotatable bonds is 1. The van der Waals surface area contributed by atoms with Crippen molar-refractivity contribution in [3.63, 3.8) is 0 Å². The highest BCUT2D eigenvalue weighted by molar-refractivity contribution is 5.39. The van der Waals surface area contributed by atoms with Gasteiger partial charge in [0.2, 0.25) is 0 Å². The van der Waals surface area contributed by atoms with Crippen molar-refractivity contribution in [1.82, 2.24) is 0 Å². The minimum atomic E-state index is 0.891. The fourth-order valence-electron chi connectivity index (χ4n) is 1.03. The molecule has 1 aromatic carbocycles. The Labute approximate surface area is 61.6 Å². The topological polar surface area (TPSA) is 9.23 Å². The van der Waals surface area contributed by atoms with E-state index in [4.69, 9.17) is 4.74 Å². The van der Waals surface area contributed by atoms with Gasteiger partial charge in [0.15, 0.2) is 0 Å². The Hall–Kier alpha value is -0.980. The fourth-order valence-corrected chi connectivity index (χ4v) is 1.03. The van der Waals surface area contributed by atoms with Gasteiger partial charge in [-0.3, -0.25) is 0 Å². The number of benzene rings is 1. The van der Waals surface area contributed by atoms with Crippen molar-refractivity contribution in [2.24, 2.45) is 0 Å². The summed E-state index contributed by atoms with van der Waals surface area (Å²) in [4.78, 5) is 0. The maximum absolute atomic E-state index is 4.93. The van der Waals surface area contributed by atoms with Crippen LogP contribution in [0.2, 0.25) is 0 Å². The average Bonchev–Trinajstić information content (AvgIpc) is 1.88. The van der Waals surface area contributed by atoms with Crippen molar-refractivity contribution in [3.05, 3.63) is 36.4 Å². The molecule has 0 aliphatic carbocycles. The second kappa shape index (κ2) is 2.74. The Kier molecular flexibility index (Phi) is 1.95. The molecular formula is C9H11O. The summed E-state index contributed by atoms with van der Waals surface area (Å²) in [5.74, 6) is 0.891. The lowest BCUT2D eigenvalue weighted by atomic mass is 10.1. The van der Waals surface area contributed by atoms with Crippen LogP contribution in [0.3, 0.4) is 0 Å². The summed E-state index contributed by atoms with van der Waals surface area (Å²) in [5, 5.41) is 0. The van der Waals surface area contributed by atoms with E-state index in [0.717, 1.165) is 16.9 Å². The molecule has 1 rings (SSSR count). The largest absolute Gasteiger partial charge is 0.489 e. The Morgan fingerprint density at radius 1 is 1.20 bits per heavy atom. The third-order valence-corrected chi connectivity index (χ3v) is 1.55. The van der Waals surface area contributed by atoms with E-state index in [1.54, 1.807) is 0 Å². The van der Waals surface area contributed by atoms with Crippen molar-refractivity contribution in [2.45, 2.75) is 13.8 Å². The Morgan fingerprint density at radius 3 is 2.00 bits per heavy atom. The smallest absolute Gasteiger partial charge is 0.125 e. The SMILES string of the molecule is [CH2]Oc1c(C)cccc1C. The molecule has 1 heteroatoms. The molecule has 53 valence electrons. The van der Waals surface area contributed by atoms with Gasteiger partial charge >= 0.3 is 0 Å². The Bertz CT molecular complexity index is 208. The molecule has 0 atom stereocenters. The van der Waals surface area contributed by atoms with Gasteiger partial charge in [0.1, 0.15) is 12.9 Å². The molecule has 0 amide bonds. The molecular weight excluding hydrogens is 124 g/mol. The highest BCUT2D eigenvalue weighted by Crippen LogP contribution is 2.21. The van der Waals surface area contributed by atoms with E-state index < -0.39 is 0 Å². The van der Waals surface area contributed by atoms with Crippen LogP contribution in [0.15, 0.2) is 18.2 Å². The molecule has 1 aromatic rings. The van der Waals surface area contributed by atoms with Crippen LogP contribution in [0.4, 0.5) is 0 Å². The second-order valence-corrected chi connectivity index (χ2v) is 2.37. The predicted molar refractivity (Wildman–Crippen MR) is 41.9 cm³/mol. The van der Waals surface area contributed by atoms with Crippen molar-refractivity contribution >= 4 is 0 Å². The second-order valence-electron chi connectivity index (χ2n) is 2.37. The summed E-state index contributed by atoms with van der Waals surface area (Å²) in [6, 6.07) is 6.02. The van der Waals surface area contributed by atoms with E-state index in [9.17, 15) is 0 Å². The molecule has 0 heterocycles. The van der Waals surface area contributed by atoms with Crippen LogP contribution in [-0.2, 0) is 0 Å². The van der Waals surface area contributed by atoms with Gasteiger partial charge in [-0.25, -0.2) is 0 Å². The van der Waals surface area contributed by atoms with Crippen molar-refractivity contribution in [3.8, 4) is 5.75 Å². The number of ether oxygens (including phenoxy) is 1. The predicted octanol–water partition coefficient (Wildman–Crippen LogP) is 2.47. The quantitative estimate of drug-likeness (QED) is 0.574. The van der Waals surface area contributed by atoms with E-state index in [1.807, 2.05) is 32.0 Å². The zero-order chi connectivity index (χ0) is 7.56. The summed E-state index contributed by atoms with van der Waals surface area (Å²) >= 11 is 0. The van der Waals surface area contributed by atoms with Gasteiger partial charge in [-0.05, 0) is 25.0 Å². The summed E-state index contributed by atoms with van der Waals surface area (Å²) in [6.07, 6.45) is 0. The van der Waals surface area contributed by atoms with Crippen LogP contribution < -0.4 is 4.74 Å². The van der Waals surface area contributed by atoms with E-state index in [0.29, 0.717) is 0 Å². The fraction of sp³-hybridized carbons (Fsp3) is 0.222. The summed E-state index contributed by atoms with van der Waals surface area (Å²) in [7, 11) is 3.38. The maximum atomic E-state index is 4.93. The van der Waals surface area contributed by atoms with E-state index in [1.165, 1.54) is 0 Å². The van der Waals surface area contributed by atoms with E-state index in [-0.39, 0.29) is 0 Å². The van der Waals surface area contributed by atoms with Gasteiger partial charge in [0.05, 0.1) is 0 Å². The minimum absolute atomic E-state index is 0.891. The normalized spacial score (nSPS) is 9.50. The zero-order valence-corrected chi connectivity index (χ0v) is 6.35. The number of hydrogen-bond acceptors (Lipinski definition) is 1. The molecule has 0 N–H and O–H groups in total. The lowest BCUT2D eigenvalue weighted by Crippen LogP contribution is -1.86. The standard InChI is InChI=1S/C9H11O/c1-7-5-4-6-8(2)9(7)10-3/h4-6H,3H2,1-2H3. The van der Waals surface area contributed by atoms with Crippen LogP contribution in [0, 0.1) is 21.0 Å². The number of para-hydroxylation sites is 1. The summed E-state index contributed by atoms with van der Waals surface area (Å²) in [6.45, 7) is 4.01. The molecule has 0 spiro atoms. The lowest BCUT2D eigenvalue weighted by molar-refractivity contribution is 0.465. The summed E-state index contributed by atoms with van der Waals surface area (Å²) < 4.78 is 4.93. The van der Waals surface area contributed by atoms with E-state index >= 15 is 0 Å². The van der Waals surface area contributed by atoms with Gasteiger partial charge in [-0.2, -0.15) is 0 Å². The van der Waals surface area contributed by atoms with Crippen LogP contribution in [0.5, 0.6) is 5.75 Å². The molecule has 0 bridgehead atoms. The van der Waals surface area contributed by atoms with Gasteiger partial charge in [-0.1, -0.05) is 18.2 Å². The molecule has 0 fully saturated rings. The Balaban J connectivity index is 3.17. The van der Waals surface area contributed by atoms with Crippen LogP contribution in [-0.4, -0.2) is 0 Å². The van der Waals surface area contributed by atoms with Crippen LogP contribution in [0.25, 0.3) is 0 Å².